The van der Waals surface area contributed by atoms with Gasteiger partial charge in [0.05, 0.1) is 11.1 Å². The SMILES string of the molecule is CCCCCc1cc2c(c(O)c1C(=O)O)-c1cc3c(c(O)c1CC2)C(=O)c1c(O)cc(O)cc1C3(C)O. The van der Waals surface area contributed by atoms with Crippen molar-refractivity contribution in [3.05, 3.63) is 68.8 Å². The van der Waals surface area contributed by atoms with E-state index >= 15 is 0 Å². The lowest BCUT2D eigenvalue weighted by Crippen LogP contribution is -2.33. The van der Waals surface area contributed by atoms with Gasteiger partial charge >= 0.3 is 5.97 Å². The van der Waals surface area contributed by atoms with Gasteiger partial charge in [0, 0.05) is 28.3 Å². The highest BCUT2D eigenvalue weighted by Gasteiger charge is 2.44. The maximum Gasteiger partial charge on any atom is 0.339 e. The van der Waals surface area contributed by atoms with Crippen LogP contribution in [0.1, 0.15) is 87.2 Å². The largest absolute Gasteiger partial charge is 0.508 e. The van der Waals surface area contributed by atoms with Crippen molar-refractivity contribution in [3.63, 3.8) is 0 Å². The van der Waals surface area contributed by atoms with Crippen LogP contribution in [0.2, 0.25) is 0 Å². The van der Waals surface area contributed by atoms with Crippen molar-refractivity contribution in [2.75, 3.05) is 0 Å². The molecule has 0 radical (unpaired) electrons. The van der Waals surface area contributed by atoms with Crippen molar-refractivity contribution in [1.29, 1.82) is 0 Å². The molecule has 0 saturated carbocycles. The number of hydrogen-bond donors (Lipinski definition) is 6. The van der Waals surface area contributed by atoms with Gasteiger partial charge in [-0.3, -0.25) is 4.79 Å². The van der Waals surface area contributed by atoms with E-state index in [9.17, 15) is 40.2 Å². The summed E-state index contributed by atoms with van der Waals surface area (Å²) in [5, 5.41) is 64.4. The lowest BCUT2D eigenvalue weighted by molar-refractivity contribution is 0.0692. The molecule has 3 aromatic rings. The number of ketones is 1. The molecule has 6 N–H and O–H groups in total. The molecule has 0 saturated heterocycles. The predicted molar refractivity (Wildman–Crippen MR) is 135 cm³/mol. The Morgan fingerprint density at radius 2 is 1.62 bits per heavy atom. The smallest absolute Gasteiger partial charge is 0.339 e. The van der Waals surface area contributed by atoms with Crippen LogP contribution in [0.15, 0.2) is 24.3 Å². The monoisotopic (exact) mass is 504 g/mol. The minimum atomic E-state index is -1.90. The second-order valence-electron chi connectivity index (χ2n) is 10.0. The fraction of sp³-hybridized carbons (Fsp3) is 0.310. The number of rotatable bonds is 5. The van der Waals surface area contributed by atoms with Gasteiger partial charge in [-0.1, -0.05) is 25.8 Å². The van der Waals surface area contributed by atoms with Crippen LogP contribution in [0.4, 0.5) is 0 Å². The first-order chi connectivity index (χ1) is 17.5. The van der Waals surface area contributed by atoms with Crippen LogP contribution in [0, 0.1) is 0 Å². The Labute approximate surface area is 213 Å². The molecule has 1 atom stereocenters. The average Bonchev–Trinajstić information content (AvgIpc) is 2.81. The van der Waals surface area contributed by atoms with Crippen LogP contribution in [0.3, 0.4) is 0 Å². The van der Waals surface area contributed by atoms with Crippen LogP contribution in [-0.2, 0) is 24.9 Å². The van der Waals surface area contributed by atoms with Gasteiger partial charge < -0.3 is 30.6 Å². The fourth-order valence-electron chi connectivity index (χ4n) is 5.85. The Morgan fingerprint density at radius 1 is 0.919 bits per heavy atom. The highest BCUT2D eigenvalue weighted by molar-refractivity contribution is 6.17. The van der Waals surface area contributed by atoms with Crippen LogP contribution in [-0.4, -0.2) is 42.4 Å². The van der Waals surface area contributed by atoms with E-state index in [2.05, 4.69) is 0 Å². The summed E-state index contributed by atoms with van der Waals surface area (Å²) in [6.45, 7) is 3.43. The number of fused-ring (bicyclic) bond motifs is 5. The molecule has 2 aliphatic rings. The van der Waals surface area contributed by atoms with Gasteiger partial charge in [0.15, 0.2) is 0 Å². The summed E-state index contributed by atoms with van der Waals surface area (Å²) in [4.78, 5) is 25.6. The first-order valence-electron chi connectivity index (χ1n) is 12.3. The lowest BCUT2D eigenvalue weighted by atomic mass is 9.71. The van der Waals surface area contributed by atoms with E-state index < -0.39 is 28.9 Å². The number of phenols is 4. The molecule has 3 aromatic carbocycles. The number of phenolic OH excluding ortho intramolecular Hbond substituents is 3. The summed E-state index contributed by atoms with van der Waals surface area (Å²) in [5.41, 5.74) is -0.271. The van der Waals surface area contributed by atoms with Crippen LogP contribution in [0.25, 0.3) is 11.1 Å². The molecular formula is C29H28O8. The molecule has 8 heteroatoms. The van der Waals surface area contributed by atoms with Crippen LogP contribution in [0.5, 0.6) is 23.0 Å². The first kappa shape index (κ1) is 24.6. The number of hydrogen-bond acceptors (Lipinski definition) is 7. The van der Waals surface area contributed by atoms with E-state index in [0.717, 1.165) is 30.9 Å². The Balaban J connectivity index is 1.77. The van der Waals surface area contributed by atoms with Gasteiger partial charge in [0.25, 0.3) is 0 Å². The standard InChI is InChI=1S/C29H28O8/c1-3-4-5-6-13-9-14-7-8-16-17(21(14)26(33)22(13)28(35)36)12-19-24(25(16)32)27(34)23-18(29(19,2)37)10-15(30)11-20(23)31/h9-12,30-33,37H,3-8H2,1-2H3,(H,35,36). The third-order valence-electron chi connectivity index (χ3n) is 7.65. The molecule has 0 spiro atoms. The van der Waals surface area contributed by atoms with Crippen molar-refractivity contribution in [2.45, 2.75) is 58.0 Å². The highest BCUT2D eigenvalue weighted by atomic mass is 16.4. The normalized spacial score (nSPS) is 17.5. The molecule has 8 nitrogen and oxygen atoms in total. The number of aromatic hydroxyl groups is 4. The number of aryl methyl sites for hydroxylation is 2. The number of carbonyl (C=O) groups is 2. The third-order valence-corrected chi connectivity index (χ3v) is 7.65. The summed E-state index contributed by atoms with van der Waals surface area (Å²) in [6.07, 6.45) is 3.91. The van der Waals surface area contributed by atoms with Gasteiger partial charge in [-0.05, 0) is 61.4 Å². The molecule has 5 rings (SSSR count). The van der Waals surface area contributed by atoms with Crippen molar-refractivity contribution in [1.82, 2.24) is 0 Å². The quantitative estimate of drug-likeness (QED) is 0.277. The highest BCUT2D eigenvalue weighted by Crippen LogP contribution is 2.52. The summed E-state index contributed by atoms with van der Waals surface area (Å²) in [7, 11) is 0. The van der Waals surface area contributed by atoms with Gasteiger partial charge in [-0.2, -0.15) is 0 Å². The lowest BCUT2D eigenvalue weighted by Gasteiger charge is -2.35. The van der Waals surface area contributed by atoms with E-state index in [-0.39, 0.29) is 44.9 Å². The average molecular weight is 505 g/mol. The Hall–Kier alpha value is -4.04. The first-order valence-corrected chi connectivity index (χ1v) is 12.3. The number of carboxylic acid groups (broad SMARTS) is 1. The van der Waals surface area contributed by atoms with E-state index in [0.29, 0.717) is 36.0 Å². The minimum absolute atomic E-state index is 0.0281. The van der Waals surface area contributed by atoms with Gasteiger partial charge in [-0.15, -0.1) is 0 Å². The van der Waals surface area contributed by atoms with E-state index in [1.54, 1.807) is 6.07 Å². The van der Waals surface area contributed by atoms with E-state index in [4.69, 9.17) is 0 Å². The number of carbonyl (C=O) groups excluding carboxylic acids is 1. The fourth-order valence-corrected chi connectivity index (χ4v) is 5.85. The second-order valence-corrected chi connectivity index (χ2v) is 10.0. The molecule has 2 aliphatic carbocycles. The number of carboxylic acids is 1. The molecule has 0 amide bonds. The molecule has 192 valence electrons. The maximum atomic E-state index is 13.4. The number of benzene rings is 3. The van der Waals surface area contributed by atoms with Crippen molar-refractivity contribution in [3.8, 4) is 34.1 Å². The van der Waals surface area contributed by atoms with Crippen molar-refractivity contribution < 1.29 is 40.2 Å². The molecular weight excluding hydrogens is 476 g/mol. The van der Waals surface area contributed by atoms with Crippen LogP contribution >= 0.6 is 0 Å². The van der Waals surface area contributed by atoms with Crippen LogP contribution < -0.4 is 0 Å². The summed E-state index contributed by atoms with van der Waals surface area (Å²) in [5.74, 6) is -3.63. The zero-order valence-corrected chi connectivity index (χ0v) is 20.6. The summed E-state index contributed by atoms with van der Waals surface area (Å²) in [6, 6.07) is 5.46. The van der Waals surface area contributed by atoms with Crippen molar-refractivity contribution in [2.24, 2.45) is 0 Å². The number of aliphatic hydroxyl groups is 1. The minimum Gasteiger partial charge on any atom is -0.508 e. The zero-order valence-electron chi connectivity index (χ0n) is 20.6. The second kappa shape index (κ2) is 8.52. The predicted octanol–water partition coefficient (Wildman–Crippen LogP) is 4.51. The van der Waals surface area contributed by atoms with Gasteiger partial charge in [0.2, 0.25) is 5.78 Å². The molecule has 0 heterocycles. The number of aromatic carboxylic acids is 1. The third kappa shape index (κ3) is 3.54. The molecule has 0 fully saturated rings. The Bertz CT molecular complexity index is 1500. The molecule has 0 aromatic heterocycles. The van der Waals surface area contributed by atoms with Crippen molar-refractivity contribution >= 4 is 11.8 Å². The molecule has 1 unspecified atom stereocenters. The van der Waals surface area contributed by atoms with E-state index in [1.165, 1.54) is 19.1 Å². The maximum absolute atomic E-state index is 13.4. The summed E-state index contributed by atoms with van der Waals surface area (Å²) >= 11 is 0. The Kier molecular flexibility index (Phi) is 5.68. The summed E-state index contributed by atoms with van der Waals surface area (Å²) < 4.78 is 0. The topological polar surface area (TPSA) is 156 Å². The van der Waals surface area contributed by atoms with Gasteiger partial charge in [-0.25, -0.2) is 4.79 Å². The molecule has 37 heavy (non-hydrogen) atoms. The molecule has 0 aliphatic heterocycles. The molecule has 0 bridgehead atoms. The van der Waals surface area contributed by atoms with Gasteiger partial charge in [0.1, 0.15) is 34.2 Å². The zero-order chi connectivity index (χ0) is 26.8. The Morgan fingerprint density at radius 3 is 2.30 bits per heavy atom. The number of unbranched alkanes of at least 4 members (excludes halogenated alkanes) is 2. The van der Waals surface area contributed by atoms with E-state index in [1.807, 2.05) is 6.92 Å².